The lowest BCUT2D eigenvalue weighted by Gasteiger charge is -2.05. The summed E-state index contributed by atoms with van der Waals surface area (Å²) in [7, 11) is 0. The van der Waals surface area contributed by atoms with Gasteiger partial charge in [0.1, 0.15) is 11.4 Å². The molecule has 0 unspecified atom stereocenters. The average Bonchev–Trinajstić information content (AvgIpc) is 2.74. The number of carbonyl (C=O) groups is 1. The zero-order valence-corrected chi connectivity index (χ0v) is 9.60. The Labute approximate surface area is 105 Å². The van der Waals surface area contributed by atoms with E-state index >= 15 is 0 Å². The van der Waals surface area contributed by atoms with Crippen LogP contribution >= 0.6 is 11.6 Å². The van der Waals surface area contributed by atoms with Gasteiger partial charge >= 0.3 is 0 Å². The van der Waals surface area contributed by atoms with E-state index in [1.165, 1.54) is 12.3 Å². The van der Waals surface area contributed by atoms with Crippen LogP contribution in [0.3, 0.4) is 0 Å². The monoisotopic (exact) mass is 272 g/mol. The molecule has 0 aliphatic rings. The lowest BCUT2D eigenvalue weighted by molar-refractivity contribution is 0.0993. The van der Waals surface area contributed by atoms with Crippen LogP contribution in [-0.4, -0.2) is 20.7 Å². The number of aromatic nitrogens is 3. The van der Waals surface area contributed by atoms with Gasteiger partial charge in [0.25, 0.3) is 12.3 Å². The molecule has 1 amide bonds. The van der Waals surface area contributed by atoms with Crippen LogP contribution in [-0.2, 0) is 0 Å². The zero-order valence-electron chi connectivity index (χ0n) is 8.85. The normalized spacial score (nSPS) is 10.9. The Hall–Kier alpha value is -2.02. The largest absolute Gasteiger partial charge is 0.364 e. The second-order valence-electron chi connectivity index (χ2n) is 3.34. The molecule has 8 heteroatoms. The lowest BCUT2D eigenvalue weighted by Crippen LogP contribution is -2.17. The number of halogens is 3. The quantitative estimate of drug-likeness (QED) is 0.928. The third kappa shape index (κ3) is 2.17. The van der Waals surface area contributed by atoms with Crippen molar-refractivity contribution in [2.75, 3.05) is 0 Å². The van der Waals surface area contributed by atoms with E-state index in [-0.39, 0.29) is 16.5 Å². The molecular formula is C10H7ClF2N4O. The van der Waals surface area contributed by atoms with Gasteiger partial charge in [-0.15, -0.1) is 0 Å². The van der Waals surface area contributed by atoms with Crippen molar-refractivity contribution in [2.45, 2.75) is 6.43 Å². The van der Waals surface area contributed by atoms with E-state index in [2.05, 4.69) is 10.1 Å². The Balaban J connectivity index is 2.63. The Bertz CT molecular complexity index is 599. The molecule has 2 N–H and O–H groups in total. The van der Waals surface area contributed by atoms with Gasteiger partial charge in [-0.2, -0.15) is 5.10 Å². The molecule has 0 radical (unpaired) electrons. The summed E-state index contributed by atoms with van der Waals surface area (Å²) in [4.78, 5) is 15.1. The molecule has 94 valence electrons. The van der Waals surface area contributed by atoms with Crippen molar-refractivity contribution in [3.63, 3.8) is 0 Å². The number of amides is 1. The van der Waals surface area contributed by atoms with Crippen molar-refractivity contribution in [1.29, 1.82) is 0 Å². The summed E-state index contributed by atoms with van der Waals surface area (Å²) in [5.41, 5.74) is 4.33. The first kappa shape index (κ1) is 12.4. The molecule has 0 aliphatic carbocycles. The van der Waals surface area contributed by atoms with Gasteiger partial charge in [0.15, 0.2) is 5.82 Å². The number of pyridine rings is 1. The number of hydrogen-bond acceptors (Lipinski definition) is 3. The second kappa shape index (κ2) is 4.69. The zero-order chi connectivity index (χ0) is 13.3. The molecule has 0 aliphatic heterocycles. The summed E-state index contributed by atoms with van der Waals surface area (Å²) in [6.07, 6.45) is -1.41. The highest BCUT2D eigenvalue weighted by Crippen LogP contribution is 2.23. The summed E-state index contributed by atoms with van der Waals surface area (Å²) >= 11 is 5.86. The SMILES string of the molecule is NC(=O)c1cc(C(F)F)nn1-c1ncccc1Cl. The van der Waals surface area contributed by atoms with Crippen LogP contribution in [0.5, 0.6) is 0 Å². The molecule has 0 saturated heterocycles. The van der Waals surface area contributed by atoms with Crippen molar-refractivity contribution in [3.8, 4) is 5.82 Å². The standard InChI is InChI=1S/C10H7ClF2N4O/c11-5-2-1-3-15-10(5)17-7(9(14)18)4-6(16-17)8(12)13/h1-4,8H,(H2,14,18). The number of primary amides is 1. The molecule has 2 heterocycles. The van der Waals surface area contributed by atoms with Crippen molar-refractivity contribution in [3.05, 3.63) is 40.8 Å². The van der Waals surface area contributed by atoms with E-state index < -0.39 is 18.0 Å². The molecule has 2 aromatic rings. The maximum absolute atomic E-state index is 12.6. The van der Waals surface area contributed by atoms with Gasteiger partial charge in [0.2, 0.25) is 0 Å². The van der Waals surface area contributed by atoms with Crippen molar-refractivity contribution in [2.24, 2.45) is 5.73 Å². The number of nitrogens with two attached hydrogens (primary N) is 1. The third-order valence-corrected chi connectivity index (χ3v) is 2.44. The van der Waals surface area contributed by atoms with Gasteiger partial charge in [-0.25, -0.2) is 18.4 Å². The van der Waals surface area contributed by atoms with E-state index in [9.17, 15) is 13.6 Å². The Morgan fingerprint density at radius 2 is 2.22 bits per heavy atom. The van der Waals surface area contributed by atoms with E-state index in [1.54, 1.807) is 6.07 Å². The van der Waals surface area contributed by atoms with Gasteiger partial charge in [0, 0.05) is 6.20 Å². The fourth-order valence-electron chi connectivity index (χ4n) is 1.38. The van der Waals surface area contributed by atoms with Crippen LogP contribution < -0.4 is 5.73 Å². The summed E-state index contributed by atoms with van der Waals surface area (Å²) in [6.45, 7) is 0. The fraction of sp³-hybridized carbons (Fsp3) is 0.100. The third-order valence-electron chi connectivity index (χ3n) is 2.14. The topological polar surface area (TPSA) is 73.8 Å². The molecule has 0 saturated carbocycles. The van der Waals surface area contributed by atoms with E-state index in [0.29, 0.717) is 0 Å². The molecule has 0 fully saturated rings. The Morgan fingerprint density at radius 1 is 1.50 bits per heavy atom. The highest BCUT2D eigenvalue weighted by molar-refractivity contribution is 6.32. The summed E-state index contributed by atoms with van der Waals surface area (Å²) in [6, 6.07) is 3.98. The van der Waals surface area contributed by atoms with Crippen molar-refractivity contribution < 1.29 is 13.6 Å². The Morgan fingerprint density at radius 3 is 2.78 bits per heavy atom. The lowest BCUT2D eigenvalue weighted by atomic mass is 10.3. The van der Waals surface area contributed by atoms with Crippen LogP contribution in [0.15, 0.2) is 24.4 Å². The van der Waals surface area contributed by atoms with Crippen LogP contribution in [0, 0.1) is 0 Å². The van der Waals surface area contributed by atoms with Crippen molar-refractivity contribution in [1.82, 2.24) is 14.8 Å². The summed E-state index contributed by atoms with van der Waals surface area (Å²) in [5.74, 6) is -0.823. The maximum atomic E-state index is 12.6. The van der Waals surface area contributed by atoms with Gasteiger partial charge in [0.05, 0.1) is 5.02 Å². The number of nitrogens with zero attached hydrogens (tertiary/aromatic N) is 3. The molecular weight excluding hydrogens is 266 g/mol. The average molecular weight is 273 g/mol. The molecule has 18 heavy (non-hydrogen) atoms. The molecule has 0 bridgehead atoms. The first-order valence-electron chi connectivity index (χ1n) is 4.79. The molecule has 2 rings (SSSR count). The maximum Gasteiger partial charge on any atom is 0.282 e. The first-order valence-corrected chi connectivity index (χ1v) is 5.17. The molecule has 5 nitrogen and oxygen atoms in total. The minimum Gasteiger partial charge on any atom is -0.364 e. The van der Waals surface area contributed by atoms with Crippen LogP contribution in [0.25, 0.3) is 5.82 Å². The van der Waals surface area contributed by atoms with Gasteiger partial charge in [-0.05, 0) is 18.2 Å². The van der Waals surface area contributed by atoms with Crippen LogP contribution in [0.2, 0.25) is 5.02 Å². The van der Waals surface area contributed by atoms with E-state index in [0.717, 1.165) is 10.7 Å². The molecule has 0 atom stereocenters. The molecule has 2 aromatic heterocycles. The Kier molecular flexibility index (Phi) is 3.24. The number of carbonyl (C=O) groups excluding carboxylic acids is 1. The first-order chi connectivity index (χ1) is 8.50. The number of alkyl halides is 2. The highest BCUT2D eigenvalue weighted by Gasteiger charge is 2.21. The van der Waals surface area contributed by atoms with Crippen LogP contribution in [0.1, 0.15) is 22.6 Å². The van der Waals surface area contributed by atoms with E-state index in [1.807, 2.05) is 0 Å². The van der Waals surface area contributed by atoms with Gasteiger partial charge in [-0.1, -0.05) is 11.6 Å². The minimum absolute atomic E-state index is 0.0693. The minimum atomic E-state index is -2.81. The smallest absolute Gasteiger partial charge is 0.282 e. The fourth-order valence-corrected chi connectivity index (χ4v) is 1.58. The molecule has 0 spiro atoms. The van der Waals surface area contributed by atoms with Gasteiger partial charge in [-0.3, -0.25) is 4.79 Å². The van der Waals surface area contributed by atoms with E-state index in [4.69, 9.17) is 17.3 Å². The van der Waals surface area contributed by atoms with Crippen molar-refractivity contribution >= 4 is 17.5 Å². The molecule has 0 aromatic carbocycles. The number of hydrogen-bond donors (Lipinski definition) is 1. The predicted molar refractivity (Wildman–Crippen MR) is 59.8 cm³/mol. The summed E-state index contributed by atoms with van der Waals surface area (Å²) < 4.78 is 26.0. The van der Waals surface area contributed by atoms with Crippen LogP contribution in [0.4, 0.5) is 8.78 Å². The summed E-state index contributed by atoms with van der Waals surface area (Å²) in [5, 5.41) is 3.75. The highest BCUT2D eigenvalue weighted by atomic mass is 35.5. The second-order valence-corrected chi connectivity index (χ2v) is 3.75. The predicted octanol–water partition coefficient (Wildman–Crippen LogP) is 1.96. The van der Waals surface area contributed by atoms with Gasteiger partial charge < -0.3 is 5.73 Å². The number of rotatable bonds is 3.